The molecule has 0 atom stereocenters. The molecular weight excluding hydrogens is 308 g/mol. The second-order valence-electron chi connectivity index (χ2n) is 4.92. The van der Waals surface area contributed by atoms with E-state index in [0.29, 0.717) is 0 Å². The minimum Gasteiger partial charge on any atom is -1.00 e. The molecule has 1 aromatic heterocycles. The van der Waals surface area contributed by atoms with Gasteiger partial charge in [-0.2, -0.15) is 0 Å². The van der Waals surface area contributed by atoms with Gasteiger partial charge in [0.05, 0.1) is 12.4 Å². The molecule has 5 heteroatoms. The summed E-state index contributed by atoms with van der Waals surface area (Å²) in [5, 5.41) is 8.86. The van der Waals surface area contributed by atoms with Crippen molar-refractivity contribution in [3.8, 4) is 0 Å². The Kier molecular flexibility index (Phi) is 5.83. The standard InChI is InChI=1S/C18H17N4.ClH/c1-16-14-21(19-12-17-8-4-2-5-9-17)15-22(16)20-13-18-10-6-3-7-11-18;/h2-15H,1H3;1H/q+1;/p-1. The van der Waals surface area contributed by atoms with Crippen LogP contribution in [0.15, 0.2) is 83.4 Å². The van der Waals surface area contributed by atoms with Gasteiger partial charge in [-0.25, -0.2) is 0 Å². The van der Waals surface area contributed by atoms with Crippen LogP contribution >= 0.6 is 0 Å². The summed E-state index contributed by atoms with van der Waals surface area (Å²) in [6.45, 7) is 2.00. The number of hydrogen-bond acceptors (Lipinski definition) is 2. The first-order valence-corrected chi connectivity index (χ1v) is 7.10. The molecule has 0 aliphatic heterocycles. The normalized spacial score (nSPS) is 11.0. The van der Waals surface area contributed by atoms with Crippen LogP contribution in [0.25, 0.3) is 0 Å². The third kappa shape index (κ3) is 4.63. The lowest BCUT2D eigenvalue weighted by Gasteiger charge is -1.89. The molecule has 0 amide bonds. The quantitative estimate of drug-likeness (QED) is 0.473. The first-order valence-electron chi connectivity index (χ1n) is 7.10. The summed E-state index contributed by atoms with van der Waals surface area (Å²) in [6, 6.07) is 20.0. The maximum atomic E-state index is 4.45. The number of aromatic nitrogens is 2. The van der Waals surface area contributed by atoms with Gasteiger partial charge in [0.1, 0.15) is 0 Å². The third-order valence-corrected chi connectivity index (χ3v) is 3.18. The van der Waals surface area contributed by atoms with E-state index in [9.17, 15) is 0 Å². The van der Waals surface area contributed by atoms with Gasteiger partial charge in [0, 0.05) is 6.92 Å². The molecule has 2 aromatic carbocycles. The van der Waals surface area contributed by atoms with Gasteiger partial charge in [-0.05, 0) is 11.1 Å². The Balaban J connectivity index is 0.00000192. The summed E-state index contributed by atoms with van der Waals surface area (Å²) in [7, 11) is 0. The maximum absolute atomic E-state index is 4.45. The van der Waals surface area contributed by atoms with Crippen LogP contribution in [0.2, 0.25) is 0 Å². The fourth-order valence-corrected chi connectivity index (χ4v) is 2.01. The van der Waals surface area contributed by atoms with Gasteiger partial charge in [-0.15, -0.1) is 9.35 Å². The van der Waals surface area contributed by atoms with Crippen LogP contribution < -0.4 is 17.1 Å². The van der Waals surface area contributed by atoms with E-state index in [-0.39, 0.29) is 12.4 Å². The number of imidazole rings is 1. The van der Waals surface area contributed by atoms with E-state index in [0.717, 1.165) is 16.8 Å². The minimum atomic E-state index is 0. The van der Waals surface area contributed by atoms with E-state index < -0.39 is 0 Å². The summed E-state index contributed by atoms with van der Waals surface area (Å²) in [5.74, 6) is 0. The molecule has 1 heterocycles. The Morgan fingerprint density at radius 1 is 0.870 bits per heavy atom. The van der Waals surface area contributed by atoms with E-state index in [2.05, 4.69) is 10.2 Å². The second kappa shape index (κ2) is 8.06. The van der Waals surface area contributed by atoms with Crippen LogP contribution in [-0.2, 0) is 0 Å². The molecule has 0 aliphatic rings. The van der Waals surface area contributed by atoms with Crippen LogP contribution in [0.5, 0.6) is 0 Å². The Hall–Kier alpha value is -2.72. The predicted octanol–water partition coefficient (Wildman–Crippen LogP) is -0.148. The van der Waals surface area contributed by atoms with Crippen LogP contribution in [0, 0.1) is 6.92 Å². The molecule has 0 N–H and O–H groups in total. The van der Waals surface area contributed by atoms with Crippen molar-refractivity contribution in [2.45, 2.75) is 6.92 Å². The Morgan fingerprint density at radius 2 is 1.43 bits per heavy atom. The largest absolute Gasteiger partial charge is 1.00 e. The van der Waals surface area contributed by atoms with E-state index in [4.69, 9.17) is 0 Å². The second-order valence-corrected chi connectivity index (χ2v) is 4.92. The zero-order valence-electron chi connectivity index (χ0n) is 12.7. The highest BCUT2D eigenvalue weighted by molar-refractivity contribution is 5.79. The van der Waals surface area contributed by atoms with Gasteiger partial charge in [0.2, 0.25) is 0 Å². The van der Waals surface area contributed by atoms with Gasteiger partial charge in [-0.3, -0.25) is 0 Å². The van der Waals surface area contributed by atoms with Crippen molar-refractivity contribution in [2.75, 3.05) is 0 Å². The number of benzene rings is 2. The number of rotatable bonds is 4. The van der Waals surface area contributed by atoms with E-state index in [1.54, 1.807) is 9.35 Å². The van der Waals surface area contributed by atoms with Crippen LogP contribution in [0.4, 0.5) is 0 Å². The van der Waals surface area contributed by atoms with Gasteiger partial charge < -0.3 is 12.4 Å². The summed E-state index contributed by atoms with van der Waals surface area (Å²) in [5.41, 5.74) is 3.14. The average Bonchev–Trinajstić information content (AvgIpc) is 2.93. The Labute approximate surface area is 141 Å². The van der Waals surface area contributed by atoms with Gasteiger partial charge in [-0.1, -0.05) is 70.9 Å². The van der Waals surface area contributed by atoms with Crippen LogP contribution in [0.3, 0.4) is 0 Å². The molecule has 116 valence electrons. The smallest absolute Gasteiger partial charge is 0.295 e. The zero-order valence-corrected chi connectivity index (χ0v) is 13.5. The topological polar surface area (TPSA) is 33.5 Å². The van der Waals surface area contributed by atoms with Crippen molar-refractivity contribution in [2.24, 2.45) is 10.2 Å². The lowest BCUT2D eigenvalue weighted by Crippen LogP contribution is -3.00. The van der Waals surface area contributed by atoms with Crippen molar-refractivity contribution in [3.05, 3.63) is 90.0 Å². The van der Waals surface area contributed by atoms with Crippen molar-refractivity contribution in [1.82, 2.24) is 4.68 Å². The van der Waals surface area contributed by atoms with Crippen LogP contribution in [0.1, 0.15) is 16.8 Å². The molecule has 3 aromatic rings. The summed E-state index contributed by atoms with van der Waals surface area (Å²) < 4.78 is 3.56. The predicted molar refractivity (Wildman–Crippen MR) is 88.2 cm³/mol. The van der Waals surface area contributed by atoms with Crippen LogP contribution in [-0.4, -0.2) is 17.1 Å². The summed E-state index contributed by atoms with van der Waals surface area (Å²) in [6.07, 6.45) is 7.43. The summed E-state index contributed by atoms with van der Waals surface area (Å²) >= 11 is 0. The van der Waals surface area contributed by atoms with E-state index in [1.807, 2.05) is 92.5 Å². The SMILES string of the molecule is Cc1cn(N=Cc2ccccc2)c[n+]1N=Cc1ccccc1.[Cl-]. The number of hydrogen-bond donors (Lipinski definition) is 0. The molecule has 23 heavy (non-hydrogen) atoms. The fourth-order valence-electron chi connectivity index (χ4n) is 2.01. The lowest BCUT2D eigenvalue weighted by atomic mass is 10.2. The third-order valence-electron chi connectivity index (χ3n) is 3.18. The lowest BCUT2D eigenvalue weighted by molar-refractivity contribution is -0.683. The van der Waals surface area contributed by atoms with Crippen molar-refractivity contribution in [1.29, 1.82) is 0 Å². The Morgan fingerprint density at radius 3 is 2.04 bits per heavy atom. The molecule has 0 aliphatic carbocycles. The molecule has 4 nitrogen and oxygen atoms in total. The highest BCUT2D eigenvalue weighted by Gasteiger charge is 2.07. The monoisotopic (exact) mass is 324 g/mol. The first kappa shape index (κ1) is 16.6. The number of aryl methyl sites for hydroxylation is 1. The molecule has 0 saturated carbocycles. The molecule has 0 saturated heterocycles. The molecule has 0 radical (unpaired) electrons. The summed E-state index contributed by atoms with van der Waals surface area (Å²) in [4.78, 5) is 0. The number of nitrogens with zero attached hydrogens (tertiary/aromatic N) is 4. The zero-order chi connectivity index (χ0) is 15.2. The molecular formula is C18H17ClN4. The first-order chi connectivity index (χ1) is 10.8. The van der Waals surface area contributed by atoms with E-state index in [1.165, 1.54) is 0 Å². The molecule has 0 fully saturated rings. The molecule has 0 bridgehead atoms. The van der Waals surface area contributed by atoms with Crippen molar-refractivity contribution in [3.63, 3.8) is 0 Å². The van der Waals surface area contributed by atoms with Gasteiger partial charge >= 0.3 is 0 Å². The average molecular weight is 325 g/mol. The highest BCUT2D eigenvalue weighted by atomic mass is 35.5. The number of halogens is 1. The van der Waals surface area contributed by atoms with Gasteiger partial charge in [0.25, 0.3) is 6.33 Å². The van der Waals surface area contributed by atoms with Gasteiger partial charge in [0.15, 0.2) is 11.9 Å². The van der Waals surface area contributed by atoms with E-state index >= 15 is 0 Å². The molecule has 3 rings (SSSR count). The maximum Gasteiger partial charge on any atom is 0.295 e. The fraction of sp³-hybridized carbons (Fsp3) is 0.0556. The minimum absolute atomic E-state index is 0. The highest BCUT2D eigenvalue weighted by Crippen LogP contribution is 1.97. The molecule has 0 unspecified atom stereocenters. The Bertz CT molecular complexity index is 792. The van der Waals surface area contributed by atoms with Crippen molar-refractivity contribution >= 4 is 12.4 Å². The van der Waals surface area contributed by atoms with Crippen molar-refractivity contribution < 1.29 is 17.1 Å². The molecule has 0 spiro atoms.